The molecule has 2 aromatic carbocycles. The van der Waals surface area contributed by atoms with Crippen molar-refractivity contribution in [2.75, 3.05) is 13.7 Å². The van der Waals surface area contributed by atoms with Gasteiger partial charge in [0.05, 0.1) is 0 Å². The number of piperazine rings is 1. The molecule has 2 aromatic rings. The third kappa shape index (κ3) is 5.47. The Labute approximate surface area is 172 Å². The van der Waals surface area contributed by atoms with Crippen LogP contribution in [0.2, 0.25) is 0 Å². The fourth-order valence-electron chi connectivity index (χ4n) is 3.37. The minimum atomic E-state index is -0.544. The van der Waals surface area contributed by atoms with Gasteiger partial charge in [0.25, 0.3) is 0 Å². The first kappa shape index (κ1) is 20.6. The van der Waals surface area contributed by atoms with Crippen molar-refractivity contribution in [3.63, 3.8) is 0 Å². The molecule has 2 atom stereocenters. The molecule has 0 spiro atoms. The third-order valence-electron chi connectivity index (χ3n) is 5.11. The maximum absolute atomic E-state index is 12.8. The van der Waals surface area contributed by atoms with Crippen LogP contribution in [0, 0.1) is 0 Å². The van der Waals surface area contributed by atoms with Gasteiger partial charge in [-0.05, 0) is 43.2 Å². The zero-order valence-electron chi connectivity index (χ0n) is 17.2. The molecule has 5 heteroatoms. The lowest BCUT2D eigenvalue weighted by Gasteiger charge is -2.36. The topological polar surface area (TPSA) is 58.6 Å². The molecule has 1 heterocycles. The van der Waals surface area contributed by atoms with Crippen molar-refractivity contribution in [2.24, 2.45) is 0 Å². The standard InChI is InChI=1S/C24H28N2O3/c1-17(2)13-14-29-20-11-9-19(10-12-20)15-21-24(28)26(3)22(23(27)25-21)16-18-7-5-4-6-8-18/h4-13,21-22H,14-16H2,1-3H3,(H,25,27). The summed E-state index contributed by atoms with van der Waals surface area (Å²) in [6.45, 7) is 4.60. The Morgan fingerprint density at radius 3 is 2.31 bits per heavy atom. The summed E-state index contributed by atoms with van der Waals surface area (Å²) in [6.07, 6.45) is 2.99. The smallest absolute Gasteiger partial charge is 0.245 e. The van der Waals surface area contributed by atoms with Crippen molar-refractivity contribution in [3.8, 4) is 5.75 Å². The molecule has 1 N–H and O–H groups in total. The Bertz CT molecular complexity index is 871. The second-order valence-electron chi connectivity index (χ2n) is 7.66. The molecule has 0 radical (unpaired) electrons. The molecule has 5 nitrogen and oxygen atoms in total. The monoisotopic (exact) mass is 392 g/mol. The molecule has 152 valence electrons. The van der Waals surface area contributed by atoms with Gasteiger partial charge in [0, 0.05) is 19.9 Å². The third-order valence-corrected chi connectivity index (χ3v) is 5.11. The summed E-state index contributed by atoms with van der Waals surface area (Å²) in [5.74, 6) is 0.613. The van der Waals surface area contributed by atoms with E-state index in [1.54, 1.807) is 11.9 Å². The second kappa shape index (κ2) is 9.41. The summed E-state index contributed by atoms with van der Waals surface area (Å²) in [7, 11) is 1.71. The highest BCUT2D eigenvalue weighted by atomic mass is 16.5. The SMILES string of the molecule is CC(C)=CCOc1ccc(CC2NC(=O)C(Cc3ccccc3)N(C)C2=O)cc1. The summed E-state index contributed by atoms with van der Waals surface area (Å²) >= 11 is 0. The lowest BCUT2D eigenvalue weighted by atomic mass is 9.97. The van der Waals surface area contributed by atoms with Crippen molar-refractivity contribution in [1.82, 2.24) is 10.2 Å². The molecule has 1 aliphatic rings. The van der Waals surface area contributed by atoms with Crippen LogP contribution >= 0.6 is 0 Å². The van der Waals surface area contributed by atoms with Gasteiger partial charge < -0.3 is 15.0 Å². The summed E-state index contributed by atoms with van der Waals surface area (Å²) in [6, 6.07) is 16.4. The van der Waals surface area contributed by atoms with Crippen LogP contribution in [0.1, 0.15) is 25.0 Å². The van der Waals surface area contributed by atoms with E-state index in [-0.39, 0.29) is 11.8 Å². The highest BCUT2D eigenvalue weighted by Crippen LogP contribution is 2.18. The van der Waals surface area contributed by atoms with Gasteiger partial charge in [-0.2, -0.15) is 0 Å². The van der Waals surface area contributed by atoms with Gasteiger partial charge in [-0.15, -0.1) is 0 Å². The normalized spacial score (nSPS) is 18.9. The second-order valence-corrected chi connectivity index (χ2v) is 7.66. The van der Waals surface area contributed by atoms with Gasteiger partial charge in [-0.3, -0.25) is 9.59 Å². The van der Waals surface area contributed by atoms with Crippen LogP contribution in [0.3, 0.4) is 0 Å². The molecule has 29 heavy (non-hydrogen) atoms. The van der Waals surface area contributed by atoms with E-state index < -0.39 is 12.1 Å². The molecule has 2 amide bonds. The van der Waals surface area contributed by atoms with E-state index in [1.807, 2.05) is 74.5 Å². The fourth-order valence-corrected chi connectivity index (χ4v) is 3.37. The van der Waals surface area contributed by atoms with E-state index in [9.17, 15) is 9.59 Å². The molecule has 0 saturated carbocycles. The molecule has 1 aliphatic heterocycles. The Morgan fingerprint density at radius 2 is 1.66 bits per heavy atom. The number of carbonyl (C=O) groups is 2. The largest absolute Gasteiger partial charge is 0.490 e. The first-order valence-electron chi connectivity index (χ1n) is 9.90. The average molecular weight is 392 g/mol. The van der Waals surface area contributed by atoms with Crippen LogP contribution in [0.4, 0.5) is 0 Å². The maximum Gasteiger partial charge on any atom is 0.245 e. The first-order valence-corrected chi connectivity index (χ1v) is 9.90. The van der Waals surface area contributed by atoms with Crippen LogP contribution in [0.5, 0.6) is 5.75 Å². The van der Waals surface area contributed by atoms with Gasteiger partial charge >= 0.3 is 0 Å². The predicted molar refractivity (Wildman–Crippen MR) is 114 cm³/mol. The Morgan fingerprint density at radius 1 is 1.00 bits per heavy atom. The van der Waals surface area contributed by atoms with Crippen LogP contribution in [-0.2, 0) is 22.4 Å². The minimum Gasteiger partial charge on any atom is -0.490 e. The highest BCUT2D eigenvalue weighted by molar-refractivity contribution is 5.97. The minimum absolute atomic E-state index is 0.0607. The van der Waals surface area contributed by atoms with E-state index in [2.05, 4.69) is 5.32 Å². The zero-order valence-corrected chi connectivity index (χ0v) is 17.2. The Kier molecular flexibility index (Phi) is 6.70. The summed E-state index contributed by atoms with van der Waals surface area (Å²) in [4.78, 5) is 27.1. The average Bonchev–Trinajstić information content (AvgIpc) is 2.71. The molecule has 1 fully saturated rings. The number of carbonyl (C=O) groups excluding carboxylic acids is 2. The van der Waals surface area contributed by atoms with Crippen LogP contribution in [-0.4, -0.2) is 42.5 Å². The van der Waals surface area contributed by atoms with Gasteiger partial charge in [0.1, 0.15) is 24.4 Å². The van der Waals surface area contributed by atoms with E-state index >= 15 is 0 Å². The number of rotatable bonds is 7. The van der Waals surface area contributed by atoms with Gasteiger partial charge in [-0.1, -0.05) is 48.0 Å². The van der Waals surface area contributed by atoms with E-state index in [0.29, 0.717) is 19.4 Å². The van der Waals surface area contributed by atoms with Crippen molar-refractivity contribution in [2.45, 2.75) is 38.8 Å². The molecular weight excluding hydrogens is 364 g/mol. The number of allylic oxidation sites excluding steroid dienone is 1. The number of ether oxygens (including phenoxy) is 1. The molecular formula is C24H28N2O3. The van der Waals surface area contributed by atoms with Crippen molar-refractivity contribution < 1.29 is 14.3 Å². The van der Waals surface area contributed by atoms with Crippen LogP contribution in [0.15, 0.2) is 66.2 Å². The number of likely N-dealkylation sites (N-methyl/N-ethyl adjacent to an activating group) is 1. The van der Waals surface area contributed by atoms with E-state index in [4.69, 9.17) is 4.74 Å². The van der Waals surface area contributed by atoms with Crippen molar-refractivity contribution in [1.29, 1.82) is 0 Å². The lowest BCUT2D eigenvalue weighted by molar-refractivity contribution is -0.147. The van der Waals surface area contributed by atoms with Gasteiger partial charge in [-0.25, -0.2) is 0 Å². The van der Waals surface area contributed by atoms with E-state index in [1.165, 1.54) is 5.57 Å². The number of amides is 2. The highest BCUT2D eigenvalue weighted by Gasteiger charge is 2.38. The lowest BCUT2D eigenvalue weighted by Crippen LogP contribution is -2.63. The predicted octanol–water partition coefficient (Wildman–Crippen LogP) is 3.14. The van der Waals surface area contributed by atoms with E-state index in [0.717, 1.165) is 16.9 Å². The molecule has 0 aliphatic carbocycles. The zero-order chi connectivity index (χ0) is 20.8. The first-order chi connectivity index (χ1) is 13.9. The quantitative estimate of drug-likeness (QED) is 0.737. The summed E-state index contributed by atoms with van der Waals surface area (Å²) in [5, 5.41) is 2.91. The van der Waals surface area contributed by atoms with Crippen molar-refractivity contribution >= 4 is 11.8 Å². The van der Waals surface area contributed by atoms with Gasteiger partial charge in [0.15, 0.2) is 0 Å². The fraction of sp³-hybridized carbons (Fsp3) is 0.333. The number of hydrogen-bond donors (Lipinski definition) is 1. The molecule has 0 bridgehead atoms. The molecule has 3 rings (SSSR count). The number of nitrogens with zero attached hydrogens (tertiary/aromatic N) is 1. The Balaban J connectivity index is 1.60. The van der Waals surface area contributed by atoms with Gasteiger partial charge in [0.2, 0.25) is 11.8 Å². The molecule has 0 aromatic heterocycles. The van der Waals surface area contributed by atoms with Crippen LogP contribution in [0.25, 0.3) is 0 Å². The number of hydrogen-bond acceptors (Lipinski definition) is 3. The summed E-state index contributed by atoms with van der Waals surface area (Å²) < 4.78 is 5.67. The number of nitrogens with one attached hydrogen (secondary N) is 1. The molecule has 1 saturated heterocycles. The van der Waals surface area contributed by atoms with Crippen molar-refractivity contribution in [3.05, 3.63) is 77.4 Å². The molecule has 2 unspecified atom stereocenters. The number of benzene rings is 2. The summed E-state index contributed by atoms with van der Waals surface area (Å²) in [5.41, 5.74) is 3.23. The Hall–Kier alpha value is -3.08. The van der Waals surface area contributed by atoms with Crippen LogP contribution < -0.4 is 10.1 Å². The maximum atomic E-state index is 12.8.